The fourth-order valence-corrected chi connectivity index (χ4v) is 6.34. The molecule has 1 aromatic carbocycles. The largest absolute Gasteiger partial charge is 0.468 e. The molecular weight excluding hydrogens is 580 g/mol. The number of carbonyl (C=O) groups is 3. The molecule has 3 aliphatic heterocycles. The lowest BCUT2D eigenvalue weighted by atomic mass is 9.91. The van der Waals surface area contributed by atoms with Gasteiger partial charge in [0.2, 0.25) is 5.91 Å². The van der Waals surface area contributed by atoms with E-state index in [1.807, 2.05) is 11.0 Å². The third-order valence-electron chi connectivity index (χ3n) is 8.90. The van der Waals surface area contributed by atoms with Gasteiger partial charge in [0.05, 0.1) is 12.1 Å². The van der Waals surface area contributed by atoms with Crippen LogP contribution in [0.4, 0.5) is 16.4 Å². The van der Waals surface area contributed by atoms with Crippen LogP contribution in [0.3, 0.4) is 0 Å². The first-order valence-corrected chi connectivity index (χ1v) is 15.7. The van der Waals surface area contributed by atoms with E-state index < -0.39 is 18.2 Å². The van der Waals surface area contributed by atoms with Gasteiger partial charge in [-0.15, -0.1) is 0 Å². The predicted molar refractivity (Wildman–Crippen MR) is 168 cm³/mol. The molecule has 0 aliphatic carbocycles. The number of hydrogen-bond acceptors (Lipinski definition) is 9. The monoisotopic (exact) mass is 624 g/mol. The number of carboxylic acid groups (broad SMARTS) is 1. The van der Waals surface area contributed by atoms with Gasteiger partial charge in [-0.25, -0.2) is 9.78 Å². The molecule has 13 heteroatoms. The van der Waals surface area contributed by atoms with Crippen molar-refractivity contribution in [1.82, 2.24) is 20.1 Å². The number of likely N-dealkylation sites (tertiary alicyclic amines) is 1. The summed E-state index contributed by atoms with van der Waals surface area (Å²) in [5, 5.41) is 27.4. The summed E-state index contributed by atoms with van der Waals surface area (Å²) in [4.78, 5) is 47.5. The van der Waals surface area contributed by atoms with Gasteiger partial charge in [-0.2, -0.15) is 0 Å². The number of anilines is 2. The lowest BCUT2D eigenvalue weighted by Gasteiger charge is -2.37. The highest BCUT2D eigenvalue weighted by Crippen LogP contribution is 2.29. The van der Waals surface area contributed by atoms with Gasteiger partial charge in [-0.3, -0.25) is 14.5 Å². The third kappa shape index (κ3) is 8.14. The van der Waals surface area contributed by atoms with Gasteiger partial charge < -0.3 is 40.1 Å². The van der Waals surface area contributed by atoms with E-state index >= 15 is 0 Å². The number of fused-ring (bicyclic) bond motifs is 1. The van der Waals surface area contributed by atoms with Crippen molar-refractivity contribution in [2.24, 2.45) is 0 Å². The Morgan fingerprint density at radius 2 is 1.80 bits per heavy atom. The highest BCUT2D eigenvalue weighted by atomic mass is 16.7. The lowest BCUT2D eigenvalue weighted by Crippen LogP contribution is -2.53. The van der Waals surface area contributed by atoms with Crippen molar-refractivity contribution in [2.45, 2.75) is 70.2 Å². The first-order chi connectivity index (χ1) is 21.7. The van der Waals surface area contributed by atoms with Crippen molar-refractivity contribution in [2.75, 3.05) is 56.8 Å². The zero-order valence-electron chi connectivity index (χ0n) is 26.0. The molecule has 0 radical (unpaired) electrons. The topological polar surface area (TPSA) is 157 Å². The van der Waals surface area contributed by atoms with Crippen LogP contribution in [0.1, 0.15) is 60.5 Å². The summed E-state index contributed by atoms with van der Waals surface area (Å²) < 4.78 is 10.4. The Labute approximate surface area is 263 Å². The van der Waals surface area contributed by atoms with Crippen LogP contribution in [0, 0.1) is 0 Å². The Hall–Kier alpha value is -4.10. The van der Waals surface area contributed by atoms with Crippen LogP contribution in [0.5, 0.6) is 5.75 Å². The SMILES string of the molecule is COCOc1ccc2c(c1)CN(C(=O)O)[C@H]([C@H](O)CNC(=O)c1cc(NC3CCN(C(C)=O)CC3)nc(N3CCCCC3)c1)C2. The van der Waals surface area contributed by atoms with E-state index in [-0.39, 0.29) is 37.7 Å². The number of hydrogen-bond donors (Lipinski definition) is 4. The molecule has 0 unspecified atom stereocenters. The molecule has 4 heterocycles. The van der Waals surface area contributed by atoms with Crippen LogP contribution in [-0.4, -0.2) is 108 Å². The molecule has 0 saturated carbocycles. The van der Waals surface area contributed by atoms with Crippen LogP contribution in [0.2, 0.25) is 0 Å². The van der Waals surface area contributed by atoms with Crippen LogP contribution in [0.15, 0.2) is 30.3 Å². The lowest BCUT2D eigenvalue weighted by molar-refractivity contribution is -0.129. The molecule has 4 N–H and O–H groups in total. The van der Waals surface area contributed by atoms with E-state index in [0.717, 1.165) is 62.1 Å². The molecule has 13 nitrogen and oxygen atoms in total. The molecule has 3 amide bonds. The summed E-state index contributed by atoms with van der Waals surface area (Å²) >= 11 is 0. The molecule has 45 heavy (non-hydrogen) atoms. The normalized spacial score (nSPS) is 19.4. The standard InChI is InChI=1S/C32H44N6O7/c1-21(39)36-12-8-25(9-13-36)34-29-16-23(17-30(35-29)37-10-4-3-5-11-37)31(41)33-18-28(40)27-15-22-6-7-26(45-20-44-2)14-24(22)19-38(27)32(42)43/h6-7,14,16-17,25,27-28,40H,3-5,8-13,15,18-20H2,1-2H3,(H,33,41)(H,34,35)(H,42,43)/t27-,28+/m0/s1. The molecule has 5 rings (SSSR count). The summed E-state index contributed by atoms with van der Waals surface area (Å²) in [6, 6.07) is 8.34. The molecule has 2 saturated heterocycles. The summed E-state index contributed by atoms with van der Waals surface area (Å²) in [5.74, 6) is 1.60. The maximum Gasteiger partial charge on any atom is 0.407 e. The van der Waals surface area contributed by atoms with Gasteiger partial charge >= 0.3 is 6.09 Å². The summed E-state index contributed by atoms with van der Waals surface area (Å²) in [6.45, 7) is 4.71. The maximum atomic E-state index is 13.5. The van der Waals surface area contributed by atoms with E-state index in [4.69, 9.17) is 14.5 Å². The average Bonchev–Trinajstić information content (AvgIpc) is 3.05. The van der Waals surface area contributed by atoms with Crippen molar-refractivity contribution >= 4 is 29.5 Å². The number of carbonyl (C=O) groups excluding carboxylic acids is 2. The Bertz CT molecular complexity index is 1360. The highest BCUT2D eigenvalue weighted by Gasteiger charge is 2.35. The van der Waals surface area contributed by atoms with Crippen molar-refractivity contribution in [1.29, 1.82) is 0 Å². The van der Waals surface area contributed by atoms with Gasteiger partial charge in [0.15, 0.2) is 6.79 Å². The van der Waals surface area contributed by atoms with E-state index in [1.165, 1.54) is 12.0 Å². The number of aliphatic hydroxyl groups is 1. The number of rotatable bonds is 10. The smallest absolute Gasteiger partial charge is 0.407 e. The van der Waals surface area contributed by atoms with E-state index in [9.17, 15) is 24.6 Å². The van der Waals surface area contributed by atoms with Gasteiger partial charge in [-0.1, -0.05) is 6.07 Å². The molecule has 2 aromatic rings. The van der Waals surface area contributed by atoms with Gasteiger partial charge in [-0.05, 0) is 73.9 Å². The summed E-state index contributed by atoms with van der Waals surface area (Å²) in [5.41, 5.74) is 2.12. The second-order valence-corrected chi connectivity index (χ2v) is 12.0. The maximum absolute atomic E-state index is 13.5. The zero-order valence-corrected chi connectivity index (χ0v) is 26.0. The van der Waals surface area contributed by atoms with Crippen LogP contribution in [0.25, 0.3) is 0 Å². The third-order valence-corrected chi connectivity index (χ3v) is 8.90. The summed E-state index contributed by atoms with van der Waals surface area (Å²) in [7, 11) is 1.52. The number of amides is 3. The Balaban J connectivity index is 1.27. The van der Waals surface area contributed by atoms with Crippen LogP contribution in [-0.2, 0) is 22.5 Å². The molecule has 2 fully saturated rings. The molecule has 1 aromatic heterocycles. The van der Waals surface area contributed by atoms with Crippen molar-refractivity contribution < 1.29 is 34.1 Å². The van der Waals surface area contributed by atoms with Crippen molar-refractivity contribution in [3.63, 3.8) is 0 Å². The van der Waals surface area contributed by atoms with E-state index in [2.05, 4.69) is 15.5 Å². The number of aliphatic hydroxyl groups excluding tert-OH is 1. The molecule has 244 valence electrons. The van der Waals surface area contributed by atoms with E-state index in [1.54, 1.807) is 31.2 Å². The number of aromatic nitrogens is 1. The minimum Gasteiger partial charge on any atom is -0.468 e. The van der Waals surface area contributed by atoms with Crippen molar-refractivity contribution in [3.05, 3.63) is 47.0 Å². The quantitative estimate of drug-likeness (QED) is 0.290. The van der Waals surface area contributed by atoms with Crippen molar-refractivity contribution in [3.8, 4) is 5.75 Å². The predicted octanol–water partition coefficient (Wildman–Crippen LogP) is 2.67. The first kappa shape index (κ1) is 32.3. The van der Waals surface area contributed by atoms with Gasteiger partial charge in [0.1, 0.15) is 17.4 Å². The second-order valence-electron chi connectivity index (χ2n) is 12.0. The van der Waals surface area contributed by atoms with E-state index in [0.29, 0.717) is 36.6 Å². The molecule has 2 atom stereocenters. The highest BCUT2D eigenvalue weighted by molar-refractivity contribution is 5.95. The minimum atomic E-state index is -1.15. The number of ether oxygens (including phenoxy) is 2. The fraction of sp³-hybridized carbons (Fsp3) is 0.562. The Kier molecular flexibility index (Phi) is 10.6. The average molecular weight is 625 g/mol. The number of piperidine rings is 2. The zero-order chi connectivity index (χ0) is 31.9. The molecular formula is C32H44N6O7. The molecule has 3 aliphatic rings. The molecule has 0 bridgehead atoms. The number of methoxy groups -OCH3 is 1. The van der Waals surface area contributed by atoms with Gasteiger partial charge in [0.25, 0.3) is 5.91 Å². The number of pyridine rings is 1. The first-order valence-electron chi connectivity index (χ1n) is 15.7. The Morgan fingerprint density at radius 3 is 2.49 bits per heavy atom. The number of nitrogens with zero attached hydrogens (tertiary/aromatic N) is 4. The minimum absolute atomic E-state index is 0.0745. The molecule has 0 spiro atoms. The van der Waals surface area contributed by atoms with Crippen LogP contribution >= 0.6 is 0 Å². The number of benzene rings is 1. The van der Waals surface area contributed by atoms with Gasteiger partial charge in [0, 0.05) is 64.9 Å². The fourth-order valence-electron chi connectivity index (χ4n) is 6.34. The Morgan fingerprint density at radius 1 is 1.04 bits per heavy atom. The second kappa shape index (κ2) is 14.8. The number of nitrogens with one attached hydrogen (secondary N) is 2. The van der Waals surface area contributed by atoms with Crippen LogP contribution < -0.4 is 20.3 Å². The summed E-state index contributed by atoms with van der Waals surface area (Å²) in [6.07, 6.45) is 2.87.